The molecule has 0 aliphatic rings. The molecule has 0 aromatic heterocycles. The molecule has 0 fully saturated rings. The average Bonchev–Trinajstić information content (AvgIpc) is 2.28. The highest BCUT2D eigenvalue weighted by atomic mass is 32.2. The standard InChI is InChI=1S/C12H20N2O2S2/c1-10(2)14-18(15,16)12-6-4-11(5-7-12)13-8-9-17-3/h4-7,10,13-14H,8-9H2,1-3H3. The summed E-state index contributed by atoms with van der Waals surface area (Å²) in [4.78, 5) is 0.298. The van der Waals surface area contributed by atoms with Crippen LogP contribution >= 0.6 is 11.8 Å². The van der Waals surface area contributed by atoms with Gasteiger partial charge in [0.15, 0.2) is 0 Å². The number of thioether (sulfide) groups is 1. The van der Waals surface area contributed by atoms with Crippen LogP contribution in [0.3, 0.4) is 0 Å². The lowest BCUT2D eigenvalue weighted by Gasteiger charge is -2.10. The Morgan fingerprint density at radius 3 is 2.33 bits per heavy atom. The molecule has 2 N–H and O–H groups in total. The number of hydrogen-bond acceptors (Lipinski definition) is 4. The van der Waals surface area contributed by atoms with Gasteiger partial charge in [-0.15, -0.1) is 0 Å². The first-order valence-corrected chi connectivity index (χ1v) is 8.68. The Bertz CT molecular complexity index is 455. The van der Waals surface area contributed by atoms with Gasteiger partial charge in [0.1, 0.15) is 0 Å². The molecule has 0 heterocycles. The molecule has 1 rings (SSSR count). The Labute approximate surface area is 114 Å². The predicted octanol–water partition coefficient (Wildman–Crippen LogP) is 2.15. The van der Waals surface area contributed by atoms with Crippen molar-refractivity contribution in [3.63, 3.8) is 0 Å². The summed E-state index contributed by atoms with van der Waals surface area (Å²) in [5, 5.41) is 3.23. The Hall–Kier alpha value is -0.720. The molecular weight excluding hydrogens is 268 g/mol. The summed E-state index contributed by atoms with van der Waals surface area (Å²) in [7, 11) is -3.38. The van der Waals surface area contributed by atoms with Crippen LogP contribution in [0.15, 0.2) is 29.2 Å². The lowest BCUT2D eigenvalue weighted by molar-refractivity contribution is 0.570. The molecule has 18 heavy (non-hydrogen) atoms. The third kappa shape index (κ3) is 4.88. The molecule has 1 aromatic rings. The van der Waals surface area contributed by atoms with E-state index in [4.69, 9.17) is 0 Å². The van der Waals surface area contributed by atoms with Crippen LogP contribution in [0.1, 0.15) is 13.8 Å². The van der Waals surface area contributed by atoms with Gasteiger partial charge in [-0.1, -0.05) is 0 Å². The summed E-state index contributed by atoms with van der Waals surface area (Å²) >= 11 is 1.77. The first-order chi connectivity index (χ1) is 8.45. The van der Waals surface area contributed by atoms with Gasteiger partial charge in [0.25, 0.3) is 0 Å². The van der Waals surface area contributed by atoms with Gasteiger partial charge in [-0.2, -0.15) is 11.8 Å². The van der Waals surface area contributed by atoms with E-state index < -0.39 is 10.0 Å². The number of rotatable bonds is 7. The van der Waals surface area contributed by atoms with Crippen LogP contribution in [0.2, 0.25) is 0 Å². The summed E-state index contributed by atoms with van der Waals surface area (Å²) < 4.78 is 26.3. The monoisotopic (exact) mass is 288 g/mol. The third-order valence-corrected chi connectivity index (χ3v) is 4.48. The normalized spacial score (nSPS) is 11.8. The van der Waals surface area contributed by atoms with Crippen LogP contribution in [0.25, 0.3) is 0 Å². The van der Waals surface area contributed by atoms with Crippen molar-refractivity contribution in [2.24, 2.45) is 0 Å². The number of sulfonamides is 1. The third-order valence-electron chi connectivity index (χ3n) is 2.19. The molecule has 1 aromatic carbocycles. The number of benzene rings is 1. The minimum atomic E-state index is -3.38. The van der Waals surface area contributed by atoms with Gasteiger partial charge in [0.05, 0.1) is 4.90 Å². The van der Waals surface area contributed by atoms with Gasteiger partial charge in [0.2, 0.25) is 10.0 Å². The van der Waals surface area contributed by atoms with Crippen LogP contribution in [0.4, 0.5) is 5.69 Å². The quantitative estimate of drug-likeness (QED) is 0.755. The zero-order valence-electron chi connectivity index (χ0n) is 10.9. The fourth-order valence-corrected chi connectivity index (χ4v) is 2.98. The molecule has 0 spiro atoms. The summed E-state index contributed by atoms with van der Waals surface area (Å²) in [6.45, 7) is 4.48. The molecule has 0 aliphatic carbocycles. The van der Waals surface area contributed by atoms with Crippen LogP contribution in [0.5, 0.6) is 0 Å². The van der Waals surface area contributed by atoms with E-state index in [-0.39, 0.29) is 6.04 Å². The molecule has 0 saturated carbocycles. The summed E-state index contributed by atoms with van der Waals surface area (Å²) in [6.07, 6.45) is 2.05. The largest absolute Gasteiger partial charge is 0.384 e. The van der Waals surface area contributed by atoms with Gasteiger partial charge in [0, 0.05) is 24.0 Å². The molecule has 0 saturated heterocycles. The lowest BCUT2D eigenvalue weighted by Crippen LogP contribution is -2.30. The minimum Gasteiger partial charge on any atom is -0.384 e. The van der Waals surface area contributed by atoms with E-state index >= 15 is 0 Å². The average molecular weight is 288 g/mol. The minimum absolute atomic E-state index is 0.102. The SMILES string of the molecule is CSCCNc1ccc(S(=O)(=O)NC(C)C)cc1. The molecule has 0 radical (unpaired) electrons. The maximum absolute atomic E-state index is 11.9. The van der Waals surface area contributed by atoms with Crippen LogP contribution in [0, 0.1) is 0 Å². The molecule has 102 valence electrons. The summed E-state index contributed by atoms with van der Waals surface area (Å²) in [5.41, 5.74) is 0.938. The molecule has 0 atom stereocenters. The van der Waals surface area contributed by atoms with E-state index in [0.29, 0.717) is 4.90 Å². The van der Waals surface area contributed by atoms with Crippen molar-refractivity contribution in [1.29, 1.82) is 0 Å². The molecular formula is C12H20N2O2S2. The van der Waals surface area contributed by atoms with Crippen molar-refractivity contribution < 1.29 is 8.42 Å². The van der Waals surface area contributed by atoms with E-state index in [1.807, 2.05) is 0 Å². The van der Waals surface area contributed by atoms with Gasteiger partial charge >= 0.3 is 0 Å². The Balaban J connectivity index is 2.70. The maximum atomic E-state index is 11.9. The molecule has 0 amide bonds. The van der Waals surface area contributed by atoms with Crippen LogP contribution in [-0.2, 0) is 10.0 Å². The molecule has 0 unspecified atom stereocenters. The smallest absolute Gasteiger partial charge is 0.240 e. The van der Waals surface area contributed by atoms with Crippen molar-refractivity contribution in [2.75, 3.05) is 23.9 Å². The van der Waals surface area contributed by atoms with Crippen molar-refractivity contribution in [3.8, 4) is 0 Å². The fourth-order valence-electron chi connectivity index (χ4n) is 1.43. The second-order valence-electron chi connectivity index (χ2n) is 4.22. The molecule has 4 nitrogen and oxygen atoms in total. The highest BCUT2D eigenvalue weighted by molar-refractivity contribution is 7.98. The second kappa shape index (κ2) is 7.01. The van der Waals surface area contributed by atoms with E-state index in [1.165, 1.54) is 0 Å². The summed E-state index contributed by atoms with van der Waals surface area (Å²) in [6, 6.07) is 6.71. The van der Waals surface area contributed by atoms with Crippen molar-refractivity contribution in [1.82, 2.24) is 4.72 Å². The lowest BCUT2D eigenvalue weighted by atomic mass is 10.3. The number of hydrogen-bond donors (Lipinski definition) is 2. The van der Waals surface area contributed by atoms with E-state index in [0.717, 1.165) is 18.0 Å². The Kier molecular flexibility index (Phi) is 5.98. The first kappa shape index (κ1) is 15.3. The topological polar surface area (TPSA) is 58.2 Å². The zero-order valence-corrected chi connectivity index (χ0v) is 12.6. The van der Waals surface area contributed by atoms with E-state index in [1.54, 1.807) is 49.9 Å². The summed E-state index contributed by atoms with van der Waals surface area (Å²) in [5.74, 6) is 1.02. The zero-order chi connectivity index (χ0) is 13.6. The number of anilines is 1. The van der Waals surface area contributed by atoms with E-state index in [9.17, 15) is 8.42 Å². The Morgan fingerprint density at radius 2 is 1.83 bits per heavy atom. The second-order valence-corrected chi connectivity index (χ2v) is 6.92. The maximum Gasteiger partial charge on any atom is 0.240 e. The van der Waals surface area contributed by atoms with Crippen molar-refractivity contribution in [2.45, 2.75) is 24.8 Å². The highest BCUT2D eigenvalue weighted by Gasteiger charge is 2.14. The molecule has 0 aliphatic heterocycles. The first-order valence-electron chi connectivity index (χ1n) is 5.81. The van der Waals surface area contributed by atoms with Gasteiger partial charge in [-0.25, -0.2) is 13.1 Å². The predicted molar refractivity (Wildman–Crippen MR) is 78.8 cm³/mol. The van der Waals surface area contributed by atoms with E-state index in [2.05, 4.69) is 16.3 Å². The number of nitrogens with one attached hydrogen (secondary N) is 2. The Morgan fingerprint density at radius 1 is 1.22 bits per heavy atom. The van der Waals surface area contributed by atoms with Crippen molar-refractivity contribution in [3.05, 3.63) is 24.3 Å². The fraction of sp³-hybridized carbons (Fsp3) is 0.500. The van der Waals surface area contributed by atoms with Gasteiger partial charge in [-0.05, 0) is 44.4 Å². The van der Waals surface area contributed by atoms with Gasteiger partial charge < -0.3 is 5.32 Å². The molecule has 6 heteroatoms. The molecule has 0 bridgehead atoms. The van der Waals surface area contributed by atoms with Crippen molar-refractivity contribution >= 4 is 27.5 Å². The highest BCUT2D eigenvalue weighted by Crippen LogP contribution is 2.14. The van der Waals surface area contributed by atoms with Crippen LogP contribution < -0.4 is 10.0 Å². The van der Waals surface area contributed by atoms with Gasteiger partial charge in [-0.3, -0.25) is 0 Å². The van der Waals surface area contributed by atoms with Crippen LogP contribution in [-0.4, -0.2) is 33.0 Å².